The molecule has 0 spiro atoms. The Morgan fingerprint density at radius 3 is 2.82 bits per heavy atom. The molecule has 1 unspecified atom stereocenters. The van der Waals surface area contributed by atoms with E-state index < -0.39 is 5.97 Å². The monoisotopic (exact) mass is 378 g/mol. The van der Waals surface area contributed by atoms with E-state index in [1.54, 1.807) is 0 Å². The Morgan fingerprint density at radius 2 is 2.07 bits per heavy atom. The van der Waals surface area contributed by atoms with E-state index in [4.69, 9.17) is 10.7 Å². The van der Waals surface area contributed by atoms with Gasteiger partial charge in [-0.25, -0.2) is 4.98 Å². The second-order valence-electron chi connectivity index (χ2n) is 7.81. The van der Waals surface area contributed by atoms with Gasteiger partial charge >= 0.3 is 5.97 Å². The number of hydrogen-bond donors (Lipinski definition) is 2. The molecule has 0 radical (unpaired) electrons. The topological polar surface area (TPSA) is 83.9 Å². The fourth-order valence-electron chi connectivity index (χ4n) is 3.99. The summed E-state index contributed by atoms with van der Waals surface area (Å²) >= 11 is 0. The minimum atomic E-state index is -0.707. The van der Waals surface area contributed by atoms with E-state index in [-0.39, 0.29) is 5.92 Å². The van der Waals surface area contributed by atoms with Crippen LogP contribution in [0, 0.1) is 19.8 Å². The van der Waals surface area contributed by atoms with Crippen molar-refractivity contribution in [2.45, 2.75) is 33.2 Å². The first-order valence-corrected chi connectivity index (χ1v) is 9.71. The zero-order valence-corrected chi connectivity index (χ0v) is 16.4. The number of piperidine rings is 1. The third kappa shape index (κ3) is 3.47. The van der Waals surface area contributed by atoms with Crippen LogP contribution in [0.25, 0.3) is 16.9 Å². The Kier molecular flexibility index (Phi) is 4.81. The largest absolute Gasteiger partial charge is 0.481 e. The van der Waals surface area contributed by atoms with E-state index >= 15 is 0 Å². The van der Waals surface area contributed by atoms with E-state index in [0.717, 1.165) is 42.0 Å². The number of nitrogens with two attached hydrogens (primary N) is 1. The zero-order chi connectivity index (χ0) is 19.8. The van der Waals surface area contributed by atoms with E-state index in [1.165, 1.54) is 11.1 Å². The summed E-state index contributed by atoms with van der Waals surface area (Å²) in [5.74, 6) is -1.01. The number of likely N-dealkylation sites (tertiary alicyclic amines) is 1. The normalized spacial score (nSPS) is 17.9. The van der Waals surface area contributed by atoms with Crippen molar-refractivity contribution in [1.82, 2.24) is 14.3 Å². The van der Waals surface area contributed by atoms with Crippen LogP contribution >= 0.6 is 0 Å². The number of nitrogens with zero attached hydrogens (tertiary/aromatic N) is 3. The van der Waals surface area contributed by atoms with Crippen molar-refractivity contribution in [3.05, 3.63) is 53.3 Å². The number of carboxylic acid groups (broad SMARTS) is 1. The molecule has 6 heteroatoms. The van der Waals surface area contributed by atoms with Crippen LogP contribution in [0.4, 0.5) is 5.69 Å². The summed E-state index contributed by atoms with van der Waals surface area (Å²) in [4.78, 5) is 18.6. The maximum absolute atomic E-state index is 11.5. The van der Waals surface area contributed by atoms with Crippen LogP contribution in [-0.2, 0) is 11.3 Å². The molecule has 3 aromatic rings. The Morgan fingerprint density at radius 1 is 1.25 bits per heavy atom. The van der Waals surface area contributed by atoms with Gasteiger partial charge in [0.2, 0.25) is 0 Å². The van der Waals surface area contributed by atoms with Crippen molar-refractivity contribution >= 4 is 17.3 Å². The molecule has 1 aromatic carbocycles. The minimum Gasteiger partial charge on any atom is -0.481 e. The van der Waals surface area contributed by atoms with Gasteiger partial charge in [0.25, 0.3) is 0 Å². The Labute approximate surface area is 164 Å². The van der Waals surface area contributed by atoms with E-state index in [1.807, 2.05) is 22.7 Å². The predicted octanol–water partition coefficient (Wildman–Crippen LogP) is 3.50. The quantitative estimate of drug-likeness (QED) is 0.726. The highest BCUT2D eigenvalue weighted by Crippen LogP contribution is 2.29. The third-order valence-corrected chi connectivity index (χ3v) is 5.75. The molecule has 1 fully saturated rings. The van der Waals surface area contributed by atoms with Crippen molar-refractivity contribution in [1.29, 1.82) is 0 Å². The molecule has 1 atom stereocenters. The van der Waals surface area contributed by atoms with Gasteiger partial charge in [-0.05, 0) is 62.6 Å². The van der Waals surface area contributed by atoms with E-state index in [0.29, 0.717) is 18.8 Å². The van der Waals surface area contributed by atoms with Crippen molar-refractivity contribution in [3.8, 4) is 11.3 Å². The van der Waals surface area contributed by atoms with Gasteiger partial charge in [-0.1, -0.05) is 12.1 Å². The number of hydrogen-bond acceptors (Lipinski definition) is 4. The average molecular weight is 378 g/mol. The number of pyridine rings is 1. The highest BCUT2D eigenvalue weighted by Gasteiger charge is 2.27. The van der Waals surface area contributed by atoms with Gasteiger partial charge < -0.3 is 15.2 Å². The lowest BCUT2D eigenvalue weighted by Crippen LogP contribution is -2.38. The van der Waals surface area contributed by atoms with E-state index in [2.05, 4.69) is 36.9 Å². The number of aromatic nitrogens is 2. The SMILES string of the molecule is Cc1ccc(-c2nc3ccc(N)cn3c2CN2CCCC(C(=O)O)C2)cc1C. The lowest BCUT2D eigenvalue weighted by Gasteiger charge is -2.30. The molecule has 0 amide bonds. The Hall–Kier alpha value is -2.86. The van der Waals surface area contributed by atoms with Crippen LogP contribution < -0.4 is 5.73 Å². The standard InChI is InChI=1S/C22H26N4O2/c1-14-5-6-16(10-15(14)2)21-19(26-12-18(23)7-8-20(26)24-21)13-25-9-3-4-17(11-25)22(27)28/h5-8,10,12,17H,3-4,9,11,13,23H2,1-2H3,(H,27,28). The maximum Gasteiger partial charge on any atom is 0.307 e. The van der Waals surface area contributed by atoms with Crippen LogP contribution in [0.2, 0.25) is 0 Å². The maximum atomic E-state index is 11.5. The Bertz CT molecular complexity index is 1040. The first-order valence-electron chi connectivity index (χ1n) is 9.71. The molecular weight excluding hydrogens is 352 g/mol. The number of imidazole rings is 1. The second kappa shape index (κ2) is 7.28. The number of carbonyl (C=O) groups is 1. The van der Waals surface area contributed by atoms with Crippen LogP contribution in [0.3, 0.4) is 0 Å². The lowest BCUT2D eigenvalue weighted by molar-refractivity contribution is -0.143. The van der Waals surface area contributed by atoms with Crippen LogP contribution in [-0.4, -0.2) is 38.4 Å². The van der Waals surface area contributed by atoms with Gasteiger partial charge in [-0.3, -0.25) is 9.69 Å². The summed E-state index contributed by atoms with van der Waals surface area (Å²) in [6, 6.07) is 10.2. The van der Waals surface area contributed by atoms with Gasteiger partial charge in [0.05, 0.1) is 17.3 Å². The number of aliphatic carboxylic acids is 1. The molecule has 4 rings (SSSR count). The Balaban J connectivity index is 1.77. The van der Waals surface area contributed by atoms with Gasteiger partial charge in [0, 0.05) is 30.5 Å². The molecule has 0 aliphatic carbocycles. The number of nitrogen functional groups attached to an aromatic ring is 1. The fraction of sp³-hybridized carbons (Fsp3) is 0.364. The van der Waals surface area contributed by atoms with Gasteiger partial charge in [0.1, 0.15) is 5.65 Å². The van der Waals surface area contributed by atoms with E-state index in [9.17, 15) is 9.90 Å². The van der Waals surface area contributed by atoms with Gasteiger partial charge in [-0.2, -0.15) is 0 Å². The number of aryl methyl sites for hydroxylation is 2. The number of fused-ring (bicyclic) bond motifs is 1. The molecule has 0 saturated carbocycles. The van der Waals surface area contributed by atoms with Crippen molar-refractivity contribution in [3.63, 3.8) is 0 Å². The molecule has 6 nitrogen and oxygen atoms in total. The summed E-state index contributed by atoms with van der Waals surface area (Å²) in [5.41, 5.74) is 13.1. The predicted molar refractivity (Wildman–Crippen MR) is 110 cm³/mol. The number of carboxylic acids is 1. The summed E-state index contributed by atoms with van der Waals surface area (Å²) in [6.45, 7) is 6.32. The van der Waals surface area contributed by atoms with Crippen molar-refractivity contribution in [2.24, 2.45) is 5.92 Å². The number of rotatable bonds is 4. The average Bonchev–Trinajstić information content (AvgIpc) is 3.02. The molecule has 146 valence electrons. The minimum absolute atomic E-state index is 0.303. The molecular formula is C22H26N4O2. The molecule has 1 aliphatic rings. The van der Waals surface area contributed by atoms with Crippen LogP contribution in [0.15, 0.2) is 36.5 Å². The first kappa shape index (κ1) is 18.5. The molecule has 28 heavy (non-hydrogen) atoms. The highest BCUT2D eigenvalue weighted by molar-refractivity contribution is 5.70. The van der Waals surface area contributed by atoms with Crippen LogP contribution in [0.1, 0.15) is 29.7 Å². The fourth-order valence-corrected chi connectivity index (χ4v) is 3.99. The van der Waals surface area contributed by atoms with Crippen molar-refractivity contribution < 1.29 is 9.90 Å². The molecule has 1 aliphatic heterocycles. The molecule has 1 saturated heterocycles. The summed E-state index contributed by atoms with van der Waals surface area (Å²) in [7, 11) is 0. The van der Waals surface area contributed by atoms with Gasteiger partial charge in [0.15, 0.2) is 0 Å². The number of benzene rings is 1. The third-order valence-electron chi connectivity index (χ3n) is 5.75. The zero-order valence-electron chi connectivity index (χ0n) is 16.4. The lowest BCUT2D eigenvalue weighted by atomic mass is 9.97. The summed E-state index contributed by atoms with van der Waals surface area (Å²) < 4.78 is 2.05. The molecule has 3 N–H and O–H groups in total. The number of anilines is 1. The van der Waals surface area contributed by atoms with Crippen molar-refractivity contribution in [2.75, 3.05) is 18.8 Å². The molecule has 2 aromatic heterocycles. The molecule has 3 heterocycles. The summed E-state index contributed by atoms with van der Waals surface area (Å²) in [6.07, 6.45) is 3.55. The first-order chi connectivity index (χ1) is 13.4. The second-order valence-corrected chi connectivity index (χ2v) is 7.81. The smallest absolute Gasteiger partial charge is 0.307 e. The molecule has 0 bridgehead atoms. The van der Waals surface area contributed by atoms with Gasteiger partial charge in [-0.15, -0.1) is 0 Å². The van der Waals surface area contributed by atoms with Crippen LogP contribution in [0.5, 0.6) is 0 Å². The highest BCUT2D eigenvalue weighted by atomic mass is 16.4. The summed E-state index contributed by atoms with van der Waals surface area (Å²) in [5, 5.41) is 9.42.